The van der Waals surface area contributed by atoms with Crippen molar-refractivity contribution in [2.75, 3.05) is 0 Å². The zero-order valence-electron chi connectivity index (χ0n) is 8.33. The average Bonchev–Trinajstić information content (AvgIpc) is 2.48. The van der Waals surface area contributed by atoms with Gasteiger partial charge in [-0.3, -0.25) is 4.68 Å². The van der Waals surface area contributed by atoms with Gasteiger partial charge >= 0.3 is 6.18 Å². The first kappa shape index (κ1) is 12.0. The summed E-state index contributed by atoms with van der Waals surface area (Å²) < 4.78 is 37.5. The van der Waals surface area contributed by atoms with Crippen molar-refractivity contribution in [3.05, 3.63) is 12.2 Å². The average molecular weight is 222 g/mol. The molecule has 0 saturated carbocycles. The number of rotatable bonds is 4. The molecule has 2 N–H and O–H groups in total. The summed E-state index contributed by atoms with van der Waals surface area (Å²) in [7, 11) is 0. The molecule has 1 rings (SSSR count). The van der Waals surface area contributed by atoms with E-state index in [4.69, 9.17) is 5.73 Å². The summed E-state index contributed by atoms with van der Waals surface area (Å²) in [6.07, 6.45) is -3.81. The van der Waals surface area contributed by atoms with E-state index >= 15 is 0 Å². The van der Waals surface area contributed by atoms with Crippen LogP contribution in [0.1, 0.15) is 19.2 Å². The predicted octanol–water partition coefficient (Wildman–Crippen LogP) is 1.12. The van der Waals surface area contributed by atoms with Crippen LogP contribution in [0.3, 0.4) is 0 Å². The summed E-state index contributed by atoms with van der Waals surface area (Å²) in [6.45, 7) is 2.42. The molecule has 1 aromatic heterocycles. The number of hydrogen-bond donors (Lipinski definition) is 1. The van der Waals surface area contributed by atoms with E-state index in [1.807, 2.05) is 6.92 Å². The van der Waals surface area contributed by atoms with Gasteiger partial charge in [0, 0.05) is 19.0 Å². The molecule has 0 spiro atoms. The lowest BCUT2D eigenvalue weighted by Gasteiger charge is -2.13. The minimum atomic E-state index is -4.23. The summed E-state index contributed by atoms with van der Waals surface area (Å²) in [5.41, 5.74) is 5.37. The van der Waals surface area contributed by atoms with Gasteiger partial charge in [-0.1, -0.05) is 0 Å². The molecule has 0 amide bonds. The number of halogens is 3. The fraction of sp³-hybridized carbons (Fsp3) is 0.750. The first-order valence-corrected chi connectivity index (χ1v) is 4.61. The largest absolute Gasteiger partial charge is 0.390 e. The molecule has 4 nitrogen and oxygen atoms in total. The highest BCUT2D eigenvalue weighted by Crippen LogP contribution is 2.21. The van der Waals surface area contributed by atoms with Crippen molar-refractivity contribution in [2.45, 2.75) is 38.5 Å². The zero-order valence-corrected chi connectivity index (χ0v) is 8.33. The highest BCUT2D eigenvalue weighted by atomic mass is 19.4. The number of aromatic nitrogens is 3. The fourth-order valence-corrected chi connectivity index (χ4v) is 1.31. The summed E-state index contributed by atoms with van der Waals surface area (Å²) in [5, 5.41) is 3.85. The monoisotopic (exact) mass is 222 g/mol. The Labute approximate surface area is 85.3 Å². The minimum Gasteiger partial charge on any atom is -0.327 e. The molecular weight excluding hydrogens is 209 g/mol. The molecule has 7 heteroatoms. The Morgan fingerprint density at radius 2 is 2.20 bits per heavy atom. The van der Waals surface area contributed by atoms with E-state index in [0.717, 1.165) is 0 Å². The second-order valence-electron chi connectivity index (χ2n) is 3.28. The van der Waals surface area contributed by atoms with Crippen LogP contribution in [0, 0.1) is 0 Å². The molecule has 0 radical (unpaired) electrons. The van der Waals surface area contributed by atoms with Crippen LogP contribution >= 0.6 is 0 Å². The molecule has 1 heterocycles. The van der Waals surface area contributed by atoms with Gasteiger partial charge in [0.1, 0.15) is 12.2 Å². The van der Waals surface area contributed by atoms with Gasteiger partial charge in [0.25, 0.3) is 0 Å². The Hall–Kier alpha value is -1.11. The van der Waals surface area contributed by atoms with Crippen LogP contribution in [0.4, 0.5) is 13.2 Å². The number of nitrogens with zero attached hydrogens (tertiary/aromatic N) is 3. The summed E-state index contributed by atoms with van der Waals surface area (Å²) in [6, 6.07) is -0.959. The van der Waals surface area contributed by atoms with E-state index in [0.29, 0.717) is 12.4 Å². The molecule has 1 aromatic rings. The molecule has 0 bridgehead atoms. The molecule has 1 atom stereocenters. The van der Waals surface area contributed by atoms with E-state index in [1.165, 1.54) is 11.0 Å². The van der Waals surface area contributed by atoms with Crippen molar-refractivity contribution in [2.24, 2.45) is 5.73 Å². The normalized spacial score (nSPS) is 14.2. The number of nitrogens with two attached hydrogens (primary N) is 1. The maximum Gasteiger partial charge on any atom is 0.390 e. The van der Waals surface area contributed by atoms with E-state index in [9.17, 15) is 13.2 Å². The SMILES string of the molecule is CCn1ncnc1CC(N)CC(F)(F)F. The Balaban J connectivity index is 2.55. The molecule has 0 aliphatic rings. The van der Waals surface area contributed by atoms with Crippen molar-refractivity contribution in [1.82, 2.24) is 14.8 Å². The van der Waals surface area contributed by atoms with Crippen molar-refractivity contribution < 1.29 is 13.2 Å². The lowest BCUT2D eigenvalue weighted by molar-refractivity contribution is -0.138. The van der Waals surface area contributed by atoms with Crippen molar-refractivity contribution in [1.29, 1.82) is 0 Å². The maximum absolute atomic E-state index is 12.0. The molecule has 15 heavy (non-hydrogen) atoms. The Bertz CT molecular complexity index is 307. The first-order chi connectivity index (χ1) is 6.92. The van der Waals surface area contributed by atoms with Crippen LogP contribution in [0.25, 0.3) is 0 Å². The molecule has 0 fully saturated rings. The smallest absolute Gasteiger partial charge is 0.327 e. The molecule has 0 aliphatic heterocycles. The quantitative estimate of drug-likeness (QED) is 0.830. The molecule has 0 aromatic carbocycles. The molecule has 86 valence electrons. The number of hydrogen-bond acceptors (Lipinski definition) is 3. The molecule has 1 unspecified atom stereocenters. The molecule has 0 saturated heterocycles. The van der Waals surface area contributed by atoms with Crippen LogP contribution in [0.15, 0.2) is 6.33 Å². The lowest BCUT2D eigenvalue weighted by atomic mass is 10.1. The Morgan fingerprint density at radius 1 is 1.53 bits per heavy atom. The van der Waals surface area contributed by atoms with Gasteiger partial charge in [-0.05, 0) is 6.92 Å². The molecule has 0 aliphatic carbocycles. The minimum absolute atomic E-state index is 0.0906. The Kier molecular flexibility index (Phi) is 3.67. The van der Waals surface area contributed by atoms with Gasteiger partial charge in [0.05, 0.1) is 6.42 Å². The van der Waals surface area contributed by atoms with Gasteiger partial charge in [0.2, 0.25) is 0 Å². The van der Waals surface area contributed by atoms with Crippen molar-refractivity contribution in [3.8, 4) is 0 Å². The third-order valence-electron chi connectivity index (χ3n) is 1.93. The summed E-state index contributed by atoms with van der Waals surface area (Å²) in [4.78, 5) is 3.86. The topological polar surface area (TPSA) is 56.7 Å². The van der Waals surface area contributed by atoms with Crippen LogP contribution < -0.4 is 5.73 Å². The first-order valence-electron chi connectivity index (χ1n) is 4.61. The van der Waals surface area contributed by atoms with Crippen LogP contribution in [0.2, 0.25) is 0 Å². The van der Waals surface area contributed by atoms with Gasteiger partial charge in [-0.2, -0.15) is 18.3 Å². The van der Waals surface area contributed by atoms with Crippen LogP contribution in [-0.4, -0.2) is 27.0 Å². The number of aryl methyl sites for hydroxylation is 1. The standard InChI is InChI=1S/C8H13F3N4/c1-2-15-7(13-5-14-15)3-6(12)4-8(9,10)11/h5-6H,2-4,12H2,1H3. The van der Waals surface area contributed by atoms with Crippen LogP contribution in [-0.2, 0) is 13.0 Å². The second-order valence-corrected chi connectivity index (χ2v) is 3.28. The van der Waals surface area contributed by atoms with E-state index in [2.05, 4.69) is 10.1 Å². The van der Waals surface area contributed by atoms with Gasteiger partial charge in [0.15, 0.2) is 0 Å². The highest BCUT2D eigenvalue weighted by molar-refractivity contribution is 4.89. The predicted molar refractivity (Wildman–Crippen MR) is 48.0 cm³/mol. The summed E-state index contributed by atoms with van der Waals surface area (Å²) in [5.74, 6) is 0.495. The lowest BCUT2D eigenvalue weighted by Crippen LogP contribution is -2.30. The molecular formula is C8H13F3N4. The van der Waals surface area contributed by atoms with Crippen molar-refractivity contribution in [3.63, 3.8) is 0 Å². The van der Waals surface area contributed by atoms with E-state index < -0.39 is 18.6 Å². The number of alkyl halides is 3. The third-order valence-corrected chi connectivity index (χ3v) is 1.93. The third kappa shape index (κ3) is 3.86. The highest BCUT2D eigenvalue weighted by Gasteiger charge is 2.30. The van der Waals surface area contributed by atoms with Gasteiger partial charge < -0.3 is 5.73 Å². The van der Waals surface area contributed by atoms with Gasteiger partial charge in [-0.15, -0.1) is 0 Å². The van der Waals surface area contributed by atoms with E-state index in [-0.39, 0.29) is 6.42 Å². The fourth-order valence-electron chi connectivity index (χ4n) is 1.31. The second kappa shape index (κ2) is 4.61. The van der Waals surface area contributed by atoms with Gasteiger partial charge in [-0.25, -0.2) is 4.98 Å². The zero-order chi connectivity index (χ0) is 11.5. The maximum atomic E-state index is 12.0. The van der Waals surface area contributed by atoms with Crippen LogP contribution in [0.5, 0.6) is 0 Å². The summed E-state index contributed by atoms with van der Waals surface area (Å²) >= 11 is 0. The van der Waals surface area contributed by atoms with Crippen molar-refractivity contribution >= 4 is 0 Å². The van der Waals surface area contributed by atoms with E-state index in [1.54, 1.807) is 0 Å². The Morgan fingerprint density at radius 3 is 2.73 bits per heavy atom.